The summed E-state index contributed by atoms with van der Waals surface area (Å²) in [5.74, 6) is -0.978. The molecule has 3 rings (SSSR count). The van der Waals surface area contributed by atoms with Crippen molar-refractivity contribution >= 4 is 29.3 Å². The number of nitrogens with zero attached hydrogens (tertiary/aromatic N) is 1. The normalized spacial score (nSPS) is 16.6. The Labute approximate surface area is 161 Å². The number of hydrogen-bond acceptors (Lipinski definition) is 4. The maximum atomic E-state index is 13.3. The molecule has 2 aromatic rings. The van der Waals surface area contributed by atoms with Gasteiger partial charge in [-0.2, -0.15) is 0 Å². The summed E-state index contributed by atoms with van der Waals surface area (Å²) in [7, 11) is 0. The van der Waals surface area contributed by atoms with E-state index >= 15 is 0 Å². The summed E-state index contributed by atoms with van der Waals surface area (Å²) < 4.78 is 18.7. The lowest BCUT2D eigenvalue weighted by Gasteiger charge is -2.28. The second-order valence-corrected chi connectivity index (χ2v) is 7.13. The van der Waals surface area contributed by atoms with Gasteiger partial charge in [0.25, 0.3) is 5.91 Å². The summed E-state index contributed by atoms with van der Waals surface area (Å²) in [5, 5.41) is 3.04. The van der Waals surface area contributed by atoms with Crippen LogP contribution in [-0.4, -0.2) is 23.0 Å². The molecule has 0 unspecified atom stereocenters. The molecule has 5 nitrogen and oxygen atoms in total. The first kappa shape index (κ1) is 19.3. The quantitative estimate of drug-likeness (QED) is 0.774. The van der Waals surface area contributed by atoms with Crippen molar-refractivity contribution in [3.05, 3.63) is 59.0 Å². The Morgan fingerprint density at radius 1 is 1.19 bits per heavy atom. The lowest BCUT2D eigenvalue weighted by Crippen LogP contribution is -2.40. The minimum atomic E-state index is -0.993. The number of aromatic nitrogens is 1. The fourth-order valence-corrected chi connectivity index (χ4v) is 3.47. The minimum absolute atomic E-state index is 0.321. The molecule has 1 aromatic heterocycles. The summed E-state index contributed by atoms with van der Waals surface area (Å²) >= 11 is 5.77. The molecule has 0 bridgehead atoms. The van der Waals surface area contributed by atoms with Gasteiger partial charge >= 0.3 is 5.97 Å². The molecular formula is C20H20ClFN2O3. The SMILES string of the molecule is C[C@H](OC(=O)C1(c2ccc(F)cc2)CCCC1)C(=O)Nc1ccc(Cl)cn1. The fraction of sp³-hybridized carbons (Fsp3) is 0.350. The van der Waals surface area contributed by atoms with Crippen molar-refractivity contribution < 1.29 is 18.7 Å². The van der Waals surface area contributed by atoms with Crippen molar-refractivity contribution in [3.8, 4) is 0 Å². The highest BCUT2D eigenvalue weighted by Gasteiger charge is 2.45. The highest BCUT2D eigenvalue weighted by atomic mass is 35.5. The third-order valence-corrected chi connectivity index (χ3v) is 5.10. The number of pyridine rings is 1. The topological polar surface area (TPSA) is 68.3 Å². The first-order valence-corrected chi connectivity index (χ1v) is 9.18. The number of rotatable bonds is 5. The van der Waals surface area contributed by atoms with E-state index in [2.05, 4.69) is 10.3 Å². The van der Waals surface area contributed by atoms with E-state index in [1.807, 2.05) is 0 Å². The zero-order chi connectivity index (χ0) is 19.4. The maximum Gasteiger partial charge on any atom is 0.317 e. The maximum absolute atomic E-state index is 13.3. The molecule has 1 saturated carbocycles. The van der Waals surface area contributed by atoms with Crippen LogP contribution in [0.5, 0.6) is 0 Å². The molecule has 1 heterocycles. The molecule has 0 saturated heterocycles. The van der Waals surface area contributed by atoms with Crippen molar-refractivity contribution in [1.82, 2.24) is 4.98 Å². The molecule has 0 radical (unpaired) electrons. The largest absolute Gasteiger partial charge is 0.452 e. The zero-order valence-electron chi connectivity index (χ0n) is 14.9. The number of halogens is 2. The highest BCUT2D eigenvalue weighted by molar-refractivity contribution is 6.30. The molecule has 1 atom stereocenters. The smallest absolute Gasteiger partial charge is 0.317 e. The van der Waals surface area contributed by atoms with Crippen LogP contribution in [0.25, 0.3) is 0 Å². The van der Waals surface area contributed by atoms with E-state index in [-0.39, 0.29) is 5.82 Å². The van der Waals surface area contributed by atoms with E-state index in [9.17, 15) is 14.0 Å². The van der Waals surface area contributed by atoms with Crippen LogP contribution in [0.15, 0.2) is 42.6 Å². The van der Waals surface area contributed by atoms with Gasteiger partial charge in [-0.25, -0.2) is 9.37 Å². The van der Waals surface area contributed by atoms with Crippen molar-refractivity contribution in [3.63, 3.8) is 0 Å². The zero-order valence-corrected chi connectivity index (χ0v) is 15.6. The second-order valence-electron chi connectivity index (χ2n) is 6.69. The van der Waals surface area contributed by atoms with Crippen LogP contribution in [0.1, 0.15) is 38.2 Å². The van der Waals surface area contributed by atoms with Crippen molar-refractivity contribution in [1.29, 1.82) is 0 Å². The predicted molar refractivity (Wildman–Crippen MR) is 100.0 cm³/mol. The Morgan fingerprint density at radius 2 is 1.85 bits per heavy atom. The number of ether oxygens (including phenoxy) is 1. The molecule has 0 spiro atoms. The van der Waals surface area contributed by atoms with Gasteiger partial charge in [-0.05, 0) is 49.6 Å². The standard InChI is InChI=1S/C20H20ClFN2O3/c1-13(18(25)24-17-9-6-15(21)12-23-17)27-19(26)20(10-2-3-11-20)14-4-7-16(22)8-5-14/h4-9,12-13H,2-3,10-11H2,1H3,(H,23,24,25)/t13-/m0/s1. The number of amides is 1. The first-order valence-electron chi connectivity index (χ1n) is 8.80. The van der Waals surface area contributed by atoms with Gasteiger partial charge in [-0.1, -0.05) is 36.6 Å². The Morgan fingerprint density at radius 3 is 2.44 bits per heavy atom. The molecule has 7 heteroatoms. The van der Waals surface area contributed by atoms with Crippen LogP contribution < -0.4 is 5.32 Å². The monoisotopic (exact) mass is 390 g/mol. The van der Waals surface area contributed by atoms with Gasteiger partial charge in [-0.3, -0.25) is 9.59 Å². The molecule has 0 aliphatic heterocycles. The second kappa shape index (κ2) is 8.05. The van der Waals surface area contributed by atoms with Crippen LogP contribution in [-0.2, 0) is 19.7 Å². The van der Waals surface area contributed by atoms with E-state index < -0.39 is 23.4 Å². The Balaban J connectivity index is 1.70. The summed E-state index contributed by atoms with van der Waals surface area (Å²) in [5.41, 5.74) is -0.112. The average molecular weight is 391 g/mol. The Bertz CT molecular complexity index is 818. The van der Waals surface area contributed by atoms with Crippen LogP contribution in [0.3, 0.4) is 0 Å². The van der Waals surface area contributed by atoms with E-state index in [4.69, 9.17) is 16.3 Å². The molecule has 1 N–H and O–H groups in total. The van der Waals surface area contributed by atoms with E-state index in [1.165, 1.54) is 25.3 Å². The lowest BCUT2D eigenvalue weighted by molar-refractivity contribution is -0.159. The summed E-state index contributed by atoms with van der Waals surface area (Å²) in [6, 6.07) is 9.07. The van der Waals surface area contributed by atoms with Gasteiger partial charge < -0.3 is 10.1 Å². The van der Waals surface area contributed by atoms with Gasteiger partial charge in [0.15, 0.2) is 6.10 Å². The van der Waals surface area contributed by atoms with Gasteiger partial charge in [0.1, 0.15) is 11.6 Å². The van der Waals surface area contributed by atoms with Gasteiger partial charge in [-0.15, -0.1) is 0 Å². The van der Waals surface area contributed by atoms with E-state index in [0.29, 0.717) is 23.7 Å². The molecule has 1 aliphatic carbocycles. The fourth-order valence-electron chi connectivity index (χ4n) is 3.36. The number of anilines is 1. The summed E-state index contributed by atoms with van der Waals surface area (Å²) in [4.78, 5) is 29.2. The Kier molecular flexibility index (Phi) is 5.75. The third kappa shape index (κ3) is 4.27. The number of hydrogen-bond donors (Lipinski definition) is 1. The third-order valence-electron chi connectivity index (χ3n) is 4.88. The van der Waals surface area contributed by atoms with Crippen molar-refractivity contribution in [2.24, 2.45) is 0 Å². The average Bonchev–Trinajstić information content (AvgIpc) is 3.15. The highest BCUT2D eigenvalue weighted by Crippen LogP contribution is 2.42. The van der Waals surface area contributed by atoms with Gasteiger partial charge in [0.2, 0.25) is 0 Å². The van der Waals surface area contributed by atoms with Crippen LogP contribution >= 0.6 is 11.6 Å². The molecule has 1 fully saturated rings. The number of carbonyl (C=O) groups is 2. The lowest BCUT2D eigenvalue weighted by atomic mass is 9.79. The molecule has 142 valence electrons. The van der Waals surface area contributed by atoms with E-state index in [0.717, 1.165) is 18.4 Å². The number of esters is 1. The van der Waals surface area contributed by atoms with Crippen molar-refractivity contribution in [2.45, 2.75) is 44.1 Å². The van der Waals surface area contributed by atoms with Crippen LogP contribution in [0.4, 0.5) is 10.2 Å². The van der Waals surface area contributed by atoms with Crippen molar-refractivity contribution in [2.75, 3.05) is 5.32 Å². The van der Waals surface area contributed by atoms with Crippen LogP contribution in [0.2, 0.25) is 5.02 Å². The van der Waals surface area contributed by atoms with Gasteiger partial charge in [0, 0.05) is 6.20 Å². The molecule has 27 heavy (non-hydrogen) atoms. The molecule has 1 aromatic carbocycles. The minimum Gasteiger partial charge on any atom is -0.452 e. The molecular weight excluding hydrogens is 371 g/mol. The van der Waals surface area contributed by atoms with Gasteiger partial charge in [0.05, 0.1) is 10.4 Å². The first-order chi connectivity index (χ1) is 12.9. The Hall–Kier alpha value is -2.47. The molecule has 1 aliphatic rings. The summed E-state index contributed by atoms with van der Waals surface area (Å²) in [6.45, 7) is 1.51. The summed E-state index contributed by atoms with van der Waals surface area (Å²) in [6.07, 6.45) is 3.40. The number of benzene rings is 1. The van der Waals surface area contributed by atoms with Crippen LogP contribution in [0, 0.1) is 5.82 Å². The predicted octanol–water partition coefficient (Wildman–Crippen LogP) is 4.26. The molecule has 1 amide bonds. The number of nitrogens with one attached hydrogen (secondary N) is 1. The van der Waals surface area contributed by atoms with E-state index in [1.54, 1.807) is 24.3 Å². The number of carbonyl (C=O) groups excluding carboxylic acids is 2.